The predicted octanol–water partition coefficient (Wildman–Crippen LogP) is 4.10. The standard InChI is InChI=1S/C15H21N/c1-3-5-7-10-14-12-9-13-15(16-14)11-8-6-4-2/h3-4,9,12-13H,1-2,5-8,10-11H2. The second-order valence-corrected chi connectivity index (χ2v) is 3.98. The minimum absolute atomic E-state index is 1.06. The molecule has 0 saturated carbocycles. The quantitative estimate of drug-likeness (QED) is 0.470. The van der Waals surface area contributed by atoms with Gasteiger partial charge in [-0.2, -0.15) is 0 Å². The van der Waals surface area contributed by atoms with Gasteiger partial charge in [-0.15, -0.1) is 13.2 Å². The van der Waals surface area contributed by atoms with Gasteiger partial charge in [0.25, 0.3) is 0 Å². The Bertz CT molecular complexity index is 299. The summed E-state index contributed by atoms with van der Waals surface area (Å²) in [6.45, 7) is 7.46. The lowest BCUT2D eigenvalue weighted by molar-refractivity contribution is 0.780. The van der Waals surface area contributed by atoms with Gasteiger partial charge < -0.3 is 0 Å². The SMILES string of the molecule is C=CCCCc1cccc(CCCC=C)n1. The number of rotatable bonds is 8. The van der Waals surface area contributed by atoms with E-state index in [-0.39, 0.29) is 0 Å². The Kier molecular flexibility index (Phi) is 6.24. The number of nitrogens with zero attached hydrogens (tertiary/aromatic N) is 1. The number of hydrogen-bond donors (Lipinski definition) is 0. The van der Waals surface area contributed by atoms with Gasteiger partial charge in [0.2, 0.25) is 0 Å². The summed E-state index contributed by atoms with van der Waals surface area (Å²) in [6, 6.07) is 6.33. The van der Waals surface area contributed by atoms with Gasteiger partial charge in [-0.25, -0.2) is 0 Å². The predicted molar refractivity (Wildman–Crippen MR) is 70.5 cm³/mol. The highest BCUT2D eigenvalue weighted by Crippen LogP contribution is 2.07. The maximum Gasteiger partial charge on any atom is 0.0407 e. The topological polar surface area (TPSA) is 12.9 Å². The van der Waals surface area contributed by atoms with Crippen LogP contribution in [0.15, 0.2) is 43.5 Å². The maximum absolute atomic E-state index is 4.65. The molecule has 0 fully saturated rings. The Morgan fingerprint density at radius 2 is 1.44 bits per heavy atom. The number of hydrogen-bond acceptors (Lipinski definition) is 1. The van der Waals surface area contributed by atoms with E-state index in [1.165, 1.54) is 11.4 Å². The fourth-order valence-corrected chi connectivity index (χ4v) is 1.66. The zero-order valence-electron chi connectivity index (χ0n) is 9.99. The van der Waals surface area contributed by atoms with Crippen LogP contribution in [0.3, 0.4) is 0 Å². The van der Waals surface area contributed by atoms with Gasteiger partial charge in [0.15, 0.2) is 0 Å². The second-order valence-electron chi connectivity index (χ2n) is 3.98. The first kappa shape index (κ1) is 12.7. The number of aryl methyl sites for hydroxylation is 2. The number of allylic oxidation sites excluding steroid dienone is 2. The highest BCUT2D eigenvalue weighted by atomic mass is 14.7. The molecule has 1 aromatic heterocycles. The van der Waals surface area contributed by atoms with E-state index >= 15 is 0 Å². The van der Waals surface area contributed by atoms with Crippen molar-refractivity contribution in [2.24, 2.45) is 0 Å². The fraction of sp³-hybridized carbons (Fsp3) is 0.400. The molecule has 0 aromatic carbocycles. The number of unbranched alkanes of at least 4 members (excludes halogenated alkanes) is 2. The lowest BCUT2D eigenvalue weighted by atomic mass is 10.1. The molecule has 0 bridgehead atoms. The summed E-state index contributed by atoms with van der Waals surface area (Å²) in [5, 5.41) is 0. The van der Waals surface area contributed by atoms with Gasteiger partial charge in [-0.1, -0.05) is 18.2 Å². The summed E-state index contributed by atoms with van der Waals surface area (Å²) >= 11 is 0. The van der Waals surface area contributed by atoms with Crippen molar-refractivity contribution in [3.63, 3.8) is 0 Å². The Morgan fingerprint density at radius 1 is 0.938 bits per heavy atom. The summed E-state index contributed by atoms with van der Waals surface area (Å²) in [5.41, 5.74) is 2.41. The van der Waals surface area contributed by atoms with Crippen LogP contribution in [0, 0.1) is 0 Å². The first-order valence-corrected chi connectivity index (χ1v) is 6.03. The molecule has 0 aliphatic carbocycles. The van der Waals surface area contributed by atoms with E-state index in [0.717, 1.165) is 38.5 Å². The molecule has 0 spiro atoms. The van der Waals surface area contributed by atoms with Crippen LogP contribution >= 0.6 is 0 Å². The van der Waals surface area contributed by atoms with Crippen LogP contribution in [-0.2, 0) is 12.8 Å². The van der Waals surface area contributed by atoms with Gasteiger partial charge >= 0.3 is 0 Å². The van der Waals surface area contributed by atoms with Crippen molar-refractivity contribution in [1.29, 1.82) is 0 Å². The lowest BCUT2D eigenvalue weighted by Gasteiger charge is -2.03. The largest absolute Gasteiger partial charge is 0.258 e. The lowest BCUT2D eigenvalue weighted by Crippen LogP contribution is -1.95. The van der Waals surface area contributed by atoms with E-state index in [9.17, 15) is 0 Å². The third-order valence-corrected chi connectivity index (χ3v) is 2.55. The molecule has 0 atom stereocenters. The molecule has 1 heterocycles. The van der Waals surface area contributed by atoms with E-state index in [4.69, 9.17) is 0 Å². The molecule has 0 amide bonds. The second kappa shape index (κ2) is 7.86. The average Bonchev–Trinajstić information content (AvgIpc) is 2.30. The van der Waals surface area contributed by atoms with Gasteiger partial charge in [0, 0.05) is 11.4 Å². The smallest absolute Gasteiger partial charge is 0.0407 e. The van der Waals surface area contributed by atoms with Crippen LogP contribution in [0.25, 0.3) is 0 Å². The summed E-state index contributed by atoms with van der Waals surface area (Å²) < 4.78 is 0. The van der Waals surface area contributed by atoms with Gasteiger partial charge in [0.05, 0.1) is 0 Å². The maximum atomic E-state index is 4.65. The average molecular weight is 215 g/mol. The zero-order chi connectivity index (χ0) is 11.6. The van der Waals surface area contributed by atoms with Gasteiger partial charge in [-0.05, 0) is 50.7 Å². The molecular weight excluding hydrogens is 194 g/mol. The summed E-state index contributed by atoms with van der Waals surface area (Å²) in [4.78, 5) is 4.65. The first-order valence-electron chi connectivity index (χ1n) is 6.03. The molecule has 1 aromatic rings. The minimum Gasteiger partial charge on any atom is -0.258 e. The van der Waals surface area contributed by atoms with Gasteiger partial charge in [0.1, 0.15) is 0 Å². The van der Waals surface area contributed by atoms with Crippen LogP contribution < -0.4 is 0 Å². The molecule has 1 rings (SSSR count). The molecule has 0 radical (unpaired) electrons. The Labute approximate surface area is 98.9 Å². The Hall–Kier alpha value is -1.37. The summed E-state index contributed by atoms with van der Waals surface area (Å²) in [5.74, 6) is 0. The summed E-state index contributed by atoms with van der Waals surface area (Å²) in [7, 11) is 0. The molecule has 16 heavy (non-hydrogen) atoms. The van der Waals surface area contributed by atoms with Gasteiger partial charge in [-0.3, -0.25) is 4.98 Å². The monoisotopic (exact) mass is 215 g/mol. The Morgan fingerprint density at radius 3 is 1.88 bits per heavy atom. The van der Waals surface area contributed by atoms with Crippen LogP contribution in [0.4, 0.5) is 0 Å². The molecule has 0 N–H and O–H groups in total. The molecular formula is C15H21N. The molecule has 86 valence electrons. The van der Waals surface area contributed by atoms with E-state index in [1.807, 2.05) is 12.2 Å². The van der Waals surface area contributed by atoms with Crippen LogP contribution in [0.2, 0.25) is 0 Å². The van der Waals surface area contributed by atoms with Crippen LogP contribution in [-0.4, -0.2) is 4.98 Å². The third kappa shape index (κ3) is 4.92. The van der Waals surface area contributed by atoms with E-state index in [1.54, 1.807) is 0 Å². The highest BCUT2D eigenvalue weighted by Gasteiger charge is 1.97. The molecule has 0 aliphatic heterocycles. The molecule has 0 unspecified atom stereocenters. The van der Waals surface area contributed by atoms with E-state index < -0.39 is 0 Å². The third-order valence-electron chi connectivity index (χ3n) is 2.55. The molecule has 1 nitrogen and oxygen atoms in total. The molecule has 0 saturated heterocycles. The fourth-order valence-electron chi connectivity index (χ4n) is 1.66. The van der Waals surface area contributed by atoms with Crippen molar-refractivity contribution >= 4 is 0 Å². The number of aromatic nitrogens is 1. The van der Waals surface area contributed by atoms with Crippen molar-refractivity contribution in [1.82, 2.24) is 4.98 Å². The van der Waals surface area contributed by atoms with Crippen LogP contribution in [0.5, 0.6) is 0 Å². The minimum atomic E-state index is 1.06. The number of pyridine rings is 1. The highest BCUT2D eigenvalue weighted by molar-refractivity contribution is 5.11. The van der Waals surface area contributed by atoms with Crippen molar-refractivity contribution in [2.45, 2.75) is 38.5 Å². The van der Waals surface area contributed by atoms with Crippen molar-refractivity contribution in [2.75, 3.05) is 0 Å². The first-order chi connectivity index (χ1) is 7.86. The summed E-state index contributed by atoms with van der Waals surface area (Å²) in [6.07, 6.45) is 10.5. The van der Waals surface area contributed by atoms with E-state index in [0.29, 0.717) is 0 Å². The normalized spacial score (nSPS) is 10.0. The van der Waals surface area contributed by atoms with Crippen molar-refractivity contribution in [3.8, 4) is 0 Å². The molecule has 0 aliphatic rings. The zero-order valence-corrected chi connectivity index (χ0v) is 9.99. The Balaban J connectivity index is 2.43. The van der Waals surface area contributed by atoms with Crippen molar-refractivity contribution < 1.29 is 0 Å². The molecule has 1 heteroatoms. The van der Waals surface area contributed by atoms with Crippen LogP contribution in [0.1, 0.15) is 37.1 Å². The van der Waals surface area contributed by atoms with Crippen molar-refractivity contribution in [3.05, 3.63) is 54.9 Å². The van der Waals surface area contributed by atoms with E-state index in [2.05, 4.69) is 36.3 Å².